The third kappa shape index (κ3) is 5.45. The fourth-order valence-corrected chi connectivity index (χ4v) is 5.87. The molecular weight excluding hydrogens is 438 g/mol. The van der Waals surface area contributed by atoms with Gasteiger partial charge in [0.05, 0.1) is 10.8 Å². The Balaban J connectivity index is 1.36. The molecule has 4 rings (SSSR count). The predicted octanol–water partition coefficient (Wildman–Crippen LogP) is 3.63. The van der Waals surface area contributed by atoms with E-state index < -0.39 is 10.0 Å². The fraction of sp³-hybridized carbons (Fsp3) is 0.440. The lowest BCUT2D eigenvalue weighted by molar-refractivity contribution is -0.130. The number of sulfonamides is 1. The van der Waals surface area contributed by atoms with Crippen LogP contribution >= 0.6 is 0 Å². The summed E-state index contributed by atoms with van der Waals surface area (Å²) in [7, 11) is -2.11. The number of carbonyl (C=O) groups is 2. The summed E-state index contributed by atoms with van der Waals surface area (Å²) in [6.45, 7) is 0.737. The van der Waals surface area contributed by atoms with Crippen LogP contribution in [0.5, 0.6) is 0 Å². The third-order valence-electron chi connectivity index (χ3n) is 6.62. The highest BCUT2D eigenvalue weighted by Crippen LogP contribution is 2.29. The van der Waals surface area contributed by atoms with E-state index in [2.05, 4.69) is 5.32 Å². The summed E-state index contributed by atoms with van der Waals surface area (Å²) >= 11 is 0. The second-order valence-corrected chi connectivity index (χ2v) is 11.0. The maximum Gasteiger partial charge on any atom is 0.243 e. The SMILES string of the molecule is CN(Cc1ccccc1)S(=O)(=O)c1ccc(NC(=O)C2CC(=O)N(C3CCCCC3)C2)cc1. The van der Waals surface area contributed by atoms with E-state index in [1.165, 1.54) is 22.9 Å². The van der Waals surface area contributed by atoms with Crippen LogP contribution in [0.3, 0.4) is 0 Å². The van der Waals surface area contributed by atoms with E-state index in [0.29, 0.717) is 12.2 Å². The van der Waals surface area contributed by atoms with Gasteiger partial charge in [-0.25, -0.2) is 8.42 Å². The molecule has 0 radical (unpaired) electrons. The molecule has 33 heavy (non-hydrogen) atoms. The number of benzene rings is 2. The van der Waals surface area contributed by atoms with Crippen molar-refractivity contribution in [2.75, 3.05) is 18.9 Å². The second kappa shape index (κ2) is 10.1. The molecule has 1 saturated heterocycles. The number of rotatable bonds is 7. The van der Waals surface area contributed by atoms with Crippen molar-refractivity contribution in [2.24, 2.45) is 5.92 Å². The van der Waals surface area contributed by atoms with E-state index in [-0.39, 0.29) is 41.6 Å². The minimum Gasteiger partial charge on any atom is -0.339 e. The first kappa shape index (κ1) is 23.4. The van der Waals surface area contributed by atoms with Crippen molar-refractivity contribution >= 4 is 27.5 Å². The van der Waals surface area contributed by atoms with Gasteiger partial charge < -0.3 is 10.2 Å². The molecule has 1 aliphatic carbocycles. The molecule has 1 atom stereocenters. The zero-order valence-electron chi connectivity index (χ0n) is 18.9. The minimum atomic E-state index is -3.66. The largest absolute Gasteiger partial charge is 0.339 e. The van der Waals surface area contributed by atoms with Crippen molar-refractivity contribution in [1.82, 2.24) is 9.21 Å². The molecule has 2 fully saturated rings. The highest BCUT2D eigenvalue weighted by Gasteiger charge is 2.38. The van der Waals surface area contributed by atoms with Crippen LogP contribution in [0, 0.1) is 5.92 Å². The monoisotopic (exact) mass is 469 g/mol. The first-order valence-corrected chi connectivity index (χ1v) is 13.0. The van der Waals surface area contributed by atoms with Gasteiger partial charge in [0.2, 0.25) is 21.8 Å². The molecule has 2 aromatic carbocycles. The molecule has 0 bridgehead atoms. The maximum atomic E-state index is 12.9. The Kier molecular flexibility index (Phi) is 7.14. The number of likely N-dealkylation sites (tertiary alicyclic amines) is 1. The van der Waals surface area contributed by atoms with Gasteiger partial charge in [-0.15, -0.1) is 0 Å². The summed E-state index contributed by atoms with van der Waals surface area (Å²) in [6.07, 6.45) is 5.78. The highest BCUT2D eigenvalue weighted by atomic mass is 32.2. The molecule has 0 spiro atoms. The van der Waals surface area contributed by atoms with Gasteiger partial charge in [0.1, 0.15) is 0 Å². The van der Waals surface area contributed by atoms with E-state index in [9.17, 15) is 18.0 Å². The van der Waals surface area contributed by atoms with Crippen LogP contribution in [-0.2, 0) is 26.2 Å². The summed E-state index contributed by atoms with van der Waals surface area (Å²) in [4.78, 5) is 27.3. The predicted molar refractivity (Wildman–Crippen MR) is 127 cm³/mol. The van der Waals surface area contributed by atoms with Gasteiger partial charge in [-0.1, -0.05) is 49.6 Å². The van der Waals surface area contributed by atoms with Gasteiger partial charge in [0, 0.05) is 38.3 Å². The highest BCUT2D eigenvalue weighted by molar-refractivity contribution is 7.89. The van der Waals surface area contributed by atoms with Crippen molar-refractivity contribution in [3.05, 3.63) is 60.2 Å². The molecule has 1 aliphatic heterocycles. The first-order chi connectivity index (χ1) is 15.8. The van der Waals surface area contributed by atoms with Crippen molar-refractivity contribution < 1.29 is 18.0 Å². The van der Waals surface area contributed by atoms with Crippen LogP contribution < -0.4 is 5.32 Å². The molecule has 176 valence electrons. The minimum absolute atomic E-state index is 0.0601. The number of anilines is 1. The zero-order valence-corrected chi connectivity index (χ0v) is 19.8. The number of hydrogen-bond donors (Lipinski definition) is 1. The molecule has 1 saturated carbocycles. The first-order valence-electron chi connectivity index (χ1n) is 11.6. The molecule has 1 N–H and O–H groups in total. The molecule has 2 aliphatic rings. The van der Waals surface area contributed by atoms with Gasteiger partial charge in [0.25, 0.3) is 0 Å². The van der Waals surface area contributed by atoms with E-state index in [1.807, 2.05) is 35.2 Å². The molecule has 8 heteroatoms. The second-order valence-electron chi connectivity index (χ2n) is 9.00. The van der Waals surface area contributed by atoms with Crippen LogP contribution in [0.25, 0.3) is 0 Å². The van der Waals surface area contributed by atoms with E-state index in [4.69, 9.17) is 0 Å². The summed E-state index contributed by atoms with van der Waals surface area (Å²) in [5.41, 5.74) is 1.43. The number of nitrogens with zero attached hydrogens (tertiary/aromatic N) is 2. The Morgan fingerprint density at radius 1 is 1.03 bits per heavy atom. The van der Waals surface area contributed by atoms with E-state index in [0.717, 1.165) is 31.2 Å². The van der Waals surface area contributed by atoms with Crippen molar-refractivity contribution in [3.63, 3.8) is 0 Å². The Morgan fingerprint density at radius 2 is 1.70 bits per heavy atom. The molecule has 2 aromatic rings. The normalized spacial score (nSPS) is 19.8. The van der Waals surface area contributed by atoms with Gasteiger partial charge in [0.15, 0.2) is 0 Å². The molecule has 1 unspecified atom stereocenters. The maximum absolute atomic E-state index is 12.9. The summed E-state index contributed by atoms with van der Waals surface area (Å²) < 4.78 is 27.1. The lowest BCUT2D eigenvalue weighted by Crippen LogP contribution is -2.38. The topological polar surface area (TPSA) is 86.8 Å². The van der Waals surface area contributed by atoms with E-state index in [1.54, 1.807) is 19.2 Å². The van der Waals surface area contributed by atoms with Crippen LogP contribution in [0.1, 0.15) is 44.1 Å². The molecule has 1 heterocycles. The Hall–Kier alpha value is -2.71. The van der Waals surface area contributed by atoms with Crippen LogP contribution in [-0.4, -0.2) is 49.1 Å². The average Bonchev–Trinajstić information content (AvgIpc) is 3.22. The number of amides is 2. The summed E-state index contributed by atoms with van der Waals surface area (Å²) in [5.74, 6) is -0.511. The molecule has 2 amide bonds. The molecule has 0 aromatic heterocycles. The lowest BCUT2D eigenvalue weighted by atomic mass is 9.94. The van der Waals surface area contributed by atoms with Crippen LogP contribution in [0.2, 0.25) is 0 Å². The van der Waals surface area contributed by atoms with Crippen molar-refractivity contribution in [1.29, 1.82) is 0 Å². The smallest absolute Gasteiger partial charge is 0.243 e. The summed E-state index contributed by atoms with van der Waals surface area (Å²) in [6, 6.07) is 15.9. The third-order valence-corrected chi connectivity index (χ3v) is 8.44. The van der Waals surface area contributed by atoms with Crippen LogP contribution in [0.15, 0.2) is 59.5 Å². The Labute approximate surface area is 195 Å². The lowest BCUT2D eigenvalue weighted by Gasteiger charge is -2.31. The Morgan fingerprint density at radius 3 is 2.36 bits per heavy atom. The van der Waals surface area contributed by atoms with Gasteiger partial charge in [-0.2, -0.15) is 4.31 Å². The fourth-order valence-electron chi connectivity index (χ4n) is 4.71. The standard InChI is InChI=1S/C25H31N3O4S/c1-27(17-19-8-4-2-5-9-19)33(31,32)23-14-12-21(13-15-23)26-25(30)20-16-24(29)28(18-20)22-10-6-3-7-11-22/h2,4-5,8-9,12-15,20,22H,3,6-7,10-11,16-18H2,1H3,(H,26,30). The number of hydrogen-bond acceptors (Lipinski definition) is 4. The van der Waals surface area contributed by atoms with E-state index >= 15 is 0 Å². The number of nitrogens with one attached hydrogen (secondary N) is 1. The molecular formula is C25H31N3O4S. The number of carbonyl (C=O) groups excluding carboxylic acids is 2. The molecule has 7 nitrogen and oxygen atoms in total. The average molecular weight is 470 g/mol. The van der Waals surface area contributed by atoms with Gasteiger partial charge in [-0.05, 0) is 42.7 Å². The Bertz CT molecular complexity index is 1080. The van der Waals surface area contributed by atoms with Crippen molar-refractivity contribution in [3.8, 4) is 0 Å². The zero-order chi connectivity index (χ0) is 23.4. The van der Waals surface area contributed by atoms with Gasteiger partial charge in [-0.3, -0.25) is 9.59 Å². The quantitative estimate of drug-likeness (QED) is 0.671. The van der Waals surface area contributed by atoms with Gasteiger partial charge >= 0.3 is 0 Å². The summed E-state index contributed by atoms with van der Waals surface area (Å²) in [5, 5.41) is 2.85. The van der Waals surface area contributed by atoms with Crippen molar-refractivity contribution in [2.45, 2.75) is 56.0 Å². The van der Waals surface area contributed by atoms with Crippen LogP contribution in [0.4, 0.5) is 5.69 Å².